The first-order chi connectivity index (χ1) is 11.7. The first-order valence-corrected chi connectivity index (χ1v) is 9.14. The van der Waals surface area contributed by atoms with Gasteiger partial charge in [-0.25, -0.2) is 12.8 Å². The first-order valence-electron chi connectivity index (χ1n) is 7.59. The van der Waals surface area contributed by atoms with E-state index in [9.17, 15) is 26.0 Å². The van der Waals surface area contributed by atoms with E-state index >= 15 is 0 Å². The normalized spacial score (nSPS) is 21.4. The smallest absolute Gasteiger partial charge is 0.300 e. The minimum Gasteiger partial charge on any atom is -0.300 e. The van der Waals surface area contributed by atoms with Crippen molar-refractivity contribution in [2.75, 3.05) is 6.54 Å². The molecular weight excluding hydrogens is 358 g/mol. The standard InChI is InChI=1S/C17H15F4NO2S/c18-13-5-7-14(8-6-13)25(23,24)16-15(9-10-22-16)11-1-3-12(4-2-11)17(19,20)21/h1-8,15-16,22H,9-10H2. The maximum atomic E-state index is 13.0. The van der Waals surface area contributed by atoms with Gasteiger partial charge in [0, 0.05) is 5.92 Å². The van der Waals surface area contributed by atoms with Crippen LogP contribution in [0.25, 0.3) is 0 Å². The predicted molar refractivity (Wildman–Crippen MR) is 84.2 cm³/mol. The molecular formula is C17H15F4NO2S. The molecule has 0 saturated carbocycles. The van der Waals surface area contributed by atoms with Crippen LogP contribution in [-0.4, -0.2) is 20.3 Å². The number of benzene rings is 2. The van der Waals surface area contributed by atoms with E-state index in [2.05, 4.69) is 5.32 Å². The van der Waals surface area contributed by atoms with E-state index < -0.39 is 38.7 Å². The quantitative estimate of drug-likeness (QED) is 0.659. The molecule has 3 nitrogen and oxygen atoms in total. The maximum Gasteiger partial charge on any atom is 0.416 e. The van der Waals surface area contributed by atoms with E-state index in [0.717, 1.165) is 24.3 Å². The molecule has 0 radical (unpaired) electrons. The Morgan fingerprint density at radius 2 is 1.56 bits per heavy atom. The summed E-state index contributed by atoms with van der Waals surface area (Å²) in [5.74, 6) is -1.02. The highest BCUT2D eigenvalue weighted by Crippen LogP contribution is 2.36. The average Bonchev–Trinajstić information content (AvgIpc) is 3.05. The van der Waals surface area contributed by atoms with Crippen LogP contribution in [-0.2, 0) is 16.0 Å². The van der Waals surface area contributed by atoms with Gasteiger partial charge in [-0.15, -0.1) is 0 Å². The summed E-state index contributed by atoms with van der Waals surface area (Å²) in [7, 11) is -3.79. The number of hydrogen-bond donors (Lipinski definition) is 1. The van der Waals surface area contributed by atoms with E-state index in [1.165, 1.54) is 24.3 Å². The van der Waals surface area contributed by atoms with Crippen molar-refractivity contribution in [3.05, 3.63) is 65.5 Å². The topological polar surface area (TPSA) is 46.2 Å². The lowest BCUT2D eigenvalue weighted by atomic mass is 9.97. The Kier molecular flexibility index (Phi) is 4.59. The zero-order chi connectivity index (χ0) is 18.2. The fourth-order valence-electron chi connectivity index (χ4n) is 3.03. The van der Waals surface area contributed by atoms with Crippen molar-refractivity contribution in [1.82, 2.24) is 5.32 Å². The van der Waals surface area contributed by atoms with Crippen molar-refractivity contribution in [1.29, 1.82) is 0 Å². The molecule has 1 heterocycles. The Morgan fingerprint density at radius 3 is 2.12 bits per heavy atom. The zero-order valence-corrected chi connectivity index (χ0v) is 13.7. The Balaban J connectivity index is 1.91. The SMILES string of the molecule is O=S(=O)(c1ccc(F)cc1)C1NCCC1c1ccc(C(F)(F)F)cc1. The monoisotopic (exact) mass is 373 g/mol. The molecule has 1 fully saturated rings. The van der Waals surface area contributed by atoms with Gasteiger partial charge in [-0.2, -0.15) is 13.2 Å². The molecule has 2 aromatic rings. The third-order valence-corrected chi connectivity index (χ3v) is 6.40. The van der Waals surface area contributed by atoms with Gasteiger partial charge in [-0.05, 0) is 54.9 Å². The summed E-state index contributed by atoms with van der Waals surface area (Å²) in [5, 5.41) is 1.94. The summed E-state index contributed by atoms with van der Waals surface area (Å²) in [6, 6.07) is 9.04. The highest BCUT2D eigenvalue weighted by atomic mass is 32.2. The summed E-state index contributed by atoms with van der Waals surface area (Å²) in [6.45, 7) is 0.427. The lowest BCUT2D eigenvalue weighted by Gasteiger charge is -2.21. The maximum absolute atomic E-state index is 13.0. The van der Waals surface area contributed by atoms with Crippen LogP contribution < -0.4 is 5.32 Å². The Labute approximate surface area is 142 Å². The molecule has 0 bridgehead atoms. The zero-order valence-electron chi connectivity index (χ0n) is 12.9. The van der Waals surface area contributed by atoms with Gasteiger partial charge in [0.25, 0.3) is 0 Å². The molecule has 8 heteroatoms. The number of alkyl halides is 3. The molecule has 0 spiro atoms. The second-order valence-corrected chi connectivity index (χ2v) is 7.96. The molecule has 134 valence electrons. The second kappa shape index (κ2) is 6.42. The van der Waals surface area contributed by atoms with Crippen molar-refractivity contribution < 1.29 is 26.0 Å². The van der Waals surface area contributed by atoms with Gasteiger partial charge in [0.15, 0.2) is 9.84 Å². The minimum absolute atomic E-state index is 0.0230. The van der Waals surface area contributed by atoms with E-state index in [1.54, 1.807) is 0 Å². The Morgan fingerprint density at radius 1 is 0.960 bits per heavy atom. The largest absolute Gasteiger partial charge is 0.416 e. The summed E-state index contributed by atoms with van der Waals surface area (Å²) < 4.78 is 76.6. The molecule has 2 atom stereocenters. The fourth-order valence-corrected chi connectivity index (χ4v) is 4.90. The summed E-state index contributed by atoms with van der Waals surface area (Å²) >= 11 is 0. The van der Waals surface area contributed by atoms with Crippen LogP contribution >= 0.6 is 0 Å². The van der Waals surface area contributed by atoms with Crippen LogP contribution in [0.3, 0.4) is 0 Å². The molecule has 1 N–H and O–H groups in total. The number of rotatable bonds is 3. The van der Waals surface area contributed by atoms with Gasteiger partial charge < -0.3 is 5.32 Å². The van der Waals surface area contributed by atoms with Crippen molar-refractivity contribution in [2.24, 2.45) is 0 Å². The second-order valence-electron chi connectivity index (χ2n) is 5.89. The van der Waals surface area contributed by atoms with Gasteiger partial charge in [0.2, 0.25) is 0 Å². The highest BCUT2D eigenvalue weighted by molar-refractivity contribution is 7.92. The summed E-state index contributed by atoms with van der Waals surface area (Å²) in [5.41, 5.74) is -0.256. The molecule has 2 aromatic carbocycles. The Hall–Kier alpha value is -1.93. The van der Waals surface area contributed by atoms with Crippen molar-refractivity contribution >= 4 is 9.84 Å². The molecule has 1 aliphatic heterocycles. The van der Waals surface area contributed by atoms with Gasteiger partial charge in [0.1, 0.15) is 11.2 Å². The van der Waals surface area contributed by atoms with Gasteiger partial charge >= 0.3 is 6.18 Å². The average molecular weight is 373 g/mol. The van der Waals surface area contributed by atoms with Gasteiger partial charge in [-0.3, -0.25) is 0 Å². The number of sulfone groups is 1. The lowest BCUT2D eigenvalue weighted by Crippen LogP contribution is -2.34. The van der Waals surface area contributed by atoms with E-state index in [4.69, 9.17) is 0 Å². The molecule has 1 saturated heterocycles. The van der Waals surface area contributed by atoms with Gasteiger partial charge in [0.05, 0.1) is 10.5 Å². The van der Waals surface area contributed by atoms with E-state index in [0.29, 0.717) is 18.5 Å². The molecule has 1 aliphatic rings. The summed E-state index contributed by atoms with van der Waals surface area (Å²) in [6.07, 6.45) is -3.96. The van der Waals surface area contributed by atoms with Crippen LogP contribution in [0.2, 0.25) is 0 Å². The van der Waals surface area contributed by atoms with Crippen LogP contribution in [0.4, 0.5) is 17.6 Å². The molecule has 0 aromatic heterocycles. The van der Waals surface area contributed by atoms with E-state index in [-0.39, 0.29) is 4.90 Å². The fraction of sp³-hybridized carbons (Fsp3) is 0.294. The van der Waals surface area contributed by atoms with Crippen molar-refractivity contribution in [2.45, 2.75) is 28.8 Å². The Bertz CT molecular complexity index is 846. The molecule has 25 heavy (non-hydrogen) atoms. The summed E-state index contributed by atoms with van der Waals surface area (Å²) in [4.78, 5) is -0.0230. The van der Waals surface area contributed by atoms with Crippen LogP contribution in [0.1, 0.15) is 23.5 Å². The molecule has 0 amide bonds. The van der Waals surface area contributed by atoms with Gasteiger partial charge in [-0.1, -0.05) is 12.1 Å². The predicted octanol–water partition coefficient (Wildman–Crippen LogP) is 3.72. The number of nitrogens with one attached hydrogen (secondary N) is 1. The molecule has 2 unspecified atom stereocenters. The van der Waals surface area contributed by atoms with Crippen LogP contribution in [0, 0.1) is 5.82 Å². The van der Waals surface area contributed by atoms with Crippen molar-refractivity contribution in [3.8, 4) is 0 Å². The first kappa shape index (κ1) is 17.9. The third kappa shape index (κ3) is 3.55. The van der Waals surface area contributed by atoms with E-state index in [1.807, 2.05) is 0 Å². The van der Waals surface area contributed by atoms with Crippen LogP contribution in [0.15, 0.2) is 53.4 Å². The number of halogens is 4. The van der Waals surface area contributed by atoms with Crippen LogP contribution in [0.5, 0.6) is 0 Å². The third-order valence-electron chi connectivity index (χ3n) is 4.31. The minimum atomic E-state index is -4.44. The molecule has 0 aliphatic carbocycles. The highest BCUT2D eigenvalue weighted by Gasteiger charge is 2.39. The number of hydrogen-bond acceptors (Lipinski definition) is 3. The lowest BCUT2D eigenvalue weighted by molar-refractivity contribution is -0.137. The molecule has 3 rings (SSSR count). The van der Waals surface area contributed by atoms with Crippen molar-refractivity contribution in [3.63, 3.8) is 0 Å².